The second-order valence-corrected chi connectivity index (χ2v) is 8.28. The number of aromatic amines is 1. The monoisotopic (exact) mass is 416 g/mol. The topological polar surface area (TPSA) is 89.1 Å². The molecule has 0 saturated carbocycles. The molecule has 8 heteroatoms. The van der Waals surface area contributed by atoms with Crippen LogP contribution in [0.2, 0.25) is 0 Å². The number of ketones is 2. The number of carbonyl (C=O) groups is 3. The first kappa shape index (κ1) is 20.2. The van der Waals surface area contributed by atoms with Gasteiger partial charge in [-0.2, -0.15) is 0 Å². The summed E-state index contributed by atoms with van der Waals surface area (Å²) in [7, 11) is 0. The van der Waals surface area contributed by atoms with E-state index in [0.717, 1.165) is 9.88 Å². The van der Waals surface area contributed by atoms with Crippen molar-refractivity contribution >= 4 is 40.2 Å². The Morgan fingerprint density at radius 1 is 1.25 bits per heavy atom. The van der Waals surface area contributed by atoms with E-state index in [1.165, 1.54) is 25.2 Å². The molecule has 0 bridgehead atoms. The largest absolute Gasteiger partial charge is 0.454 e. The maximum absolute atomic E-state index is 12.7. The lowest BCUT2D eigenvalue weighted by molar-refractivity contribution is -0.145. The molecule has 3 rings (SSSR count). The quantitative estimate of drug-likeness (QED) is 0.456. The van der Waals surface area contributed by atoms with Crippen LogP contribution in [0.15, 0.2) is 22.9 Å². The predicted octanol–water partition coefficient (Wildman–Crippen LogP) is 4.38. The minimum absolute atomic E-state index is 0.000920. The van der Waals surface area contributed by atoms with E-state index in [2.05, 4.69) is 9.97 Å². The number of thiazole rings is 1. The Kier molecular flexibility index (Phi) is 5.90. The molecule has 0 aliphatic carbocycles. The van der Waals surface area contributed by atoms with E-state index < -0.39 is 12.1 Å². The molecule has 146 valence electrons. The zero-order chi connectivity index (χ0) is 20.4. The fourth-order valence-corrected chi connectivity index (χ4v) is 4.70. The fourth-order valence-electron chi connectivity index (χ4n) is 3.07. The Morgan fingerprint density at radius 3 is 2.61 bits per heavy atom. The van der Waals surface area contributed by atoms with Crippen LogP contribution >= 0.6 is 22.7 Å². The van der Waals surface area contributed by atoms with Crippen LogP contribution < -0.4 is 0 Å². The summed E-state index contributed by atoms with van der Waals surface area (Å²) in [5.41, 5.74) is 2.64. The summed E-state index contributed by atoms with van der Waals surface area (Å²) in [5.74, 6) is -0.990. The molecule has 0 spiro atoms. The van der Waals surface area contributed by atoms with Crippen molar-refractivity contribution in [1.82, 2.24) is 9.97 Å². The average Bonchev–Trinajstić information content (AvgIpc) is 3.34. The second kappa shape index (κ2) is 8.20. The van der Waals surface area contributed by atoms with Gasteiger partial charge in [0.25, 0.3) is 0 Å². The van der Waals surface area contributed by atoms with E-state index in [-0.39, 0.29) is 18.0 Å². The number of esters is 1. The first-order valence-electron chi connectivity index (χ1n) is 8.70. The minimum atomic E-state index is -0.959. The molecular formula is C20H20N2O4S2. The molecule has 0 aromatic carbocycles. The van der Waals surface area contributed by atoms with E-state index >= 15 is 0 Å². The third-order valence-electron chi connectivity index (χ3n) is 4.32. The Bertz CT molecular complexity index is 1030. The van der Waals surface area contributed by atoms with Crippen LogP contribution in [0.5, 0.6) is 0 Å². The lowest BCUT2D eigenvalue weighted by Crippen LogP contribution is -2.26. The minimum Gasteiger partial charge on any atom is -0.454 e. The highest BCUT2D eigenvalue weighted by atomic mass is 32.1. The standard InChI is InChI=1S/C20H20N2O4S2/c1-10-17(12(3)23)11(2)21-18(10)19(25)13(4)26-16(24)8-14-9-28-20(22-14)15-6-5-7-27-15/h5-7,9,13,21H,8H2,1-4H3/t13-/m1/s1. The normalized spacial score (nSPS) is 12.0. The molecule has 0 saturated heterocycles. The summed E-state index contributed by atoms with van der Waals surface area (Å²) in [6.45, 7) is 6.44. The summed E-state index contributed by atoms with van der Waals surface area (Å²) in [4.78, 5) is 45.1. The van der Waals surface area contributed by atoms with Crippen molar-refractivity contribution in [3.63, 3.8) is 0 Å². The zero-order valence-electron chi connectivity index (χ0n) is 16.0. The van der Waals surface area contributed by atoms with Gasteiger partial charge in [0.05, 0.1) is 22.7 Å². The van der Waals surface area contributed by atoms with Crippen LogP contribution in [0.4, 0.5) is 0 Å². The van der Waals surface area contributed by atoms with Crippen LogP contribution in [0.1, 0.15) is 51.6 Å². The van der Waals surface area contributed by atoms with Crippen molar-refractivity contribution in [3.8, 4) is 9.88 Å². The van der Waals surface area contributed by atoms with Crippen LogP contribution in [-0.4, -0.2) is 33.6 Å². The van der Waals surface area contributed by atoms with Crippen LogP contribution in [0.3, 0.4) is 0 Å². The van der Waals surface area contributed by atoms with E-state index in [4.69, 9.17) is 4.74 Å². The first-order valence-corrected chi connectivity index (χ1v) is 10.5. The number of nitrogens with one attached hydrogen (secondary N) is 1. The van der Waals surface area contributed by atoms with Crippen LogP contribution in [-0.2, 0) is 16.0 Å². The number of Topliss-reactive ketones (excluding diaryl/α,β-unsaturated/α-hetero) is 2. The maximum atomic E-state index is 12.7. The van der Waals surface area contributed by atoms with E-state index in [9.17, 15) is 14.4 Å². The molecule has 1 N–H and O–H groups in total. The third kappa shape index (κ3) is 4.13. The number of aryl methyl sites for hydroxylation is 1. The van der Waals surface area contributed by atoms with Crippen molar-refractivity contribution < 1.29 is 19.1 Å². The number of hydrogen-bond acceptors (Lipinski definition) is 7. The number of H-pyrrole nitrogens is 1. The molecule has 0 fully saturated rings. The van der Waals surface area contributed by atoms with Gasteiger partial charge in [-0.05, 0) is 44.7 Å². The summed E-state index contributed by atoms with van der Waals surface area (Å²) < 4.78 is 5.31. The molecule has 0 aliphatic rings. The summed E-state index contributed by atoms with van der Waals surface area (Å²) >= 11 is 3.05. The molecule has 28 heavy (non-hydrogen) atoms. The number of aromatic nitrogens is 2. The lowest BCUT2D eigenvalue weighted by Gasteiger charge is -2.11. The van der Waals surface area contributed by atoms with Crippen molar-refractivity contribution in [3.05, 3.63) is 51.1 Å². The van der Waals surface area contributed by atoms with Crippen molar-refractivity contribution in [2.45, 2.75) is 40.2 Å². The molecule has 0 aliphatic heterocycles. The molecule has 3 aromatic rings. The SMILES string of the molecule is CC(=O)c1c(C)[nH]c(C(=O)[C@@H](C)OC(=O)Cc2csc(-c3cccs3)n2)c1C. The highest BCUT2D eigenvalue weighted by Crippen LogP contribution is 2.28. The highest BCUT2D eigenvalue weighted by Gasteiger charge is 2.26. The Labute approximate surface area is 170 Å². The number of thiophene rings is 1. The molecule has 3 heterocycles. The van der Waals surface area contributed by atoms with Gasteiger partial charge in [0.1, 0.15) is 5.01 Å². The smallest absolute Gasteiger partial charge is 0.312 e. The van der Waals surface area contributed by atoms with E-state index in [1.54, 1.807) is 25.2 Å². The molecule has 0 unspecified atom stereocenters. The number of nitrogens with zero attached hydrogens (tertiary/aromatic N) is 1. The second-order valence-electron chi connectivity index (χ2n) is 6.48. The van der Waals surface area contributed by atoms with E-state index in [1.807, 2.05) is 22.9 Å². The van der Waals surface area contributed by atoms with Gasteiger partial charge in [-0.3, -0.25) is 14.4 Å². The molecule has 1 atom stereocenters. The Morgan fingerprint density at radius 2 is 2.00 bits per heavy atom. The van der Waals surface area contributed by atoms with Gasteiger partial charge in [-0.1, -0.05) is 6.07 Å². The Hall–Kier alpha value is -2.58. The summed E-state index contributed by atoms with van der Waals surface area (Å²) in [6.07, 6.45) is -0.958. The summed E-state index contributed by atoms with van der Waals surface area (Å²) in [6, 6.07) is 3.92. The van der Waals surface area contributed by atoms with Gasteiger partial charge >= 0.3 is 5.97 Å². The molecule has 6 nitrogen and oxygen atoms in total. The fraction of sp³-hybridized carbons (Fsp3) is 0.300. The number of carbonyl (C=O) groups excluding carboxylic acids is 3. The van der Waals surface area contributed by atoms with Gasteiger partial charge in [0.15, 0.2) is 11.9 Å². The molecular weight excluding hydrogens is 396 g/mol. The van der Waals surface area contributed by atoms with Gasteiger partial charge in [0, 0.05) is 16.6 Å². The van der Waals surface area contributed by atoms with Crippen molar-refractivity contribution in [2.24, 2.45) is 0 Å². The van der Waals surface area contributed by atoms with Gasteiger partial charge in [0.2, 0.25) is 5.78 Å². The van der Waals surface area contributed by atoms with Crippen LogP contribution in [0.25, 0.3) is 9.88 Å². The van der Waals surface area contributed by atoms with Gasteiger partial charge < -0.3 is 9.72 Å². The summed E-state index contributed by atoms with van der Waals surface area (Å²) in [5, 5.41) is 4.65. The number of hydrogen-bond donors (Lipinski definition) is 1. The third-order valence-corrected chi connectivity index (χ3v) is 6.25. The molecule has 0 amide bonds. The maximum Gasteiger partial charge on any atom is 0.312 e. The Balaban J connectivity index is 1.65. The lowest BCUT2D eigenvalue weighted by atomic mass is 10.0. The first-order chi connectivity index (χ1) is 13.3. The average molecular weight is 417 g/mol. The van der Waals surface area contributed by atoms with Crippen molar-refractivity contribution in [1.29, 1.82) is 0 Å². The highest BCUT2D eigenvalue weighted by molar-refractivity contribution is 7.20. The molecule has 3 aromatic heterocycles. The van der Waals surface area contributed by atoms with Gasteiger partial charge in [-0.25, -0.2) is 4.98 Å². The van der Waals surface area contributed by atoms with Crippen molar-refractivity contribution in [2.75, 3.05) is 0 Å². The van der Waals surface area contributed by atoms with Gasteiger partial charge in [-0.15, -0.1) is 22.7 Å². The molecule has 0 radical (unpaired) electrons. The van der Waals surface area contributed by atoms with E-state index in [0.29, 0.717) is 28.2 Å². The number of ether oxygens (including phenoxy) is 1. The predicted molar refractivity (Wildman–Crippen MR) is 109 cm³/mol. The number of rotatable bonds is 7. The zero-order valence-corrected chi connectivity index (χ0v) is 17.6. The van der Waals surface area contributed by atoms with Crippen LogP contribution in [0, 0.1) is 13.8 Å².